The lowest BCUT2D eigenvalue weighted by Crippen LogP contribution is -2.35. The monoisotopic (exact) mass is 340 g/mol. The number of sulfonamides is 1. The zero-order valence-electron chi connectivity index (χ0n) is 13.7. The summed E-state index contributed by atoms with van der Waals surface area (Å²) in [6.07, 6.45) is 3.15. The van der Waals surface area contributed by atoms with Gasteiger partial charge in [-0.05, 0) is 38.0 Å². The van der Waals surface area contributed by atoms with Crippen molar-refractivity contribution in [2.75, 3.05) is 25.0 Å². The highest BCUT2D eigenvalue weighted by molar-refractivity contribution is 7.89. The molecule has 1 amide bonds. The summed E-state index contributed by atoms with van der Waals surface area (Å²) in [6, 6.07) is 4.63. The van der Waals surface area contributed by atoms with E-state index in [1.165, 1.54) is 16.4 Å². The van der Waals surface area contributed by atoms with Gasteiger partial charge in [0.1, 0.15) is 5.75 Å². The first-order valence-corrected chi connectivity index (χ1v) is 9.50. The first-order valence-electron chi connectivity index (χ1n) is 8.06. The quantitative estimate of drug-likeness (QED) is 0.864. The average Bonchev–Trinajstić information content (AvgIpc) is 2.57. The number of anilines is 1. The highest BCUT2D eigenvalue weighted by Crippen LogP contribution is 2.30. The second-order valence-electron chi connectivity index (χ2n) is 5.46. The third kappa shape index (κ3) is 4.23. The van der Waals surface area contributed by atoms with Crippen LogP contribution in [-0.2, 0) is 14.8 Å². The Bertz CT molecular complexity index is 652. The molecule has 0 spiro atoms. The molecule has 0 aromatic heterocycles. The van der Waals surface area contributed by atoms with Crippen LogP contribution in [0, 0.1) is 0 Å². The van der Waals surface area contributed by atoms with E-state index in [1.807, 2.05) is 6.92 Å². The van der Waals surface area contributed by atoms with E-state index in [2.05, 4.69) is 5.32 Å². The van der Waals surface area contributed by atoms with E-state index < -0.39 is 10.0 Å². The zero-order valence-corrected chi connectivity index (χ0v) is 14.5. The number of rotatable bonds is 6. The minimum Gasteiger partial charge on any atom is -0.492 e. The summed E-state index contributed by atoms with van der Waals surface area (Å²) in [5, 5.41) is 2.71. The molecule has 1 aromatic carbocycles. The predicted molar refractivity (Wildman–Crippen MR) is 89.1 cm³/mol. The Balaban J connectivity index is 2.34. The molecule has 6 nitrogen and oxygen atoms in total. The van der Waals surface area contributed by atoms with Crippen molar-refractivity contribution >= 4 is 21.6 Å². The number of piperidine rings is 1. The largest absolute Gasteiger partial charge is 0.492 e. The Morgan fingerprint density at radius 1 is 1.22 bits per heavy atom. The maximum absolute atomic E-state index is 12.7. The van der Waals surface area contributed by atoms with Crippen LogP contribution in [0.4, 0.5) is 5.69 Å². The number of amides is 1. The molecule has 128 valence electrons. The maximum Gasteiger partial charge on any atom is 0.243 e. The van der Waals surface area contributed by atoms with Crippen LogP contribution >= 0.6 is 0 Å². The van der Waals surface area contributed by atoms with Crippen LogP contribution in [0.1, 0.15) is 39.5 Å². The number of nitrogens with zero attached hydrogens (tertiary/aromatic N) is 1. The van der Waals surface area contributed by atoms with Gasteiger partial charge in [0, 0.05) is 19.5 Å². The summed E-state index contributed by atoms with van der Waals surface area (Å²) in [5.41, 5.74) is 0.400. The smallest absolute Gasteiger partial charge is 0.243 e. The zero-order chi connectivity index (χ0) is 16.9. The van der Waals surface area contributed by atoms with Crippen molar-refractivity contribution in [3.8, 4) is 5.75 Å². The lowest BCUT2D eigenvalue weighted by atomic mass is 10.2. The summed E-state index contributed by atoms with van der Waals surface area (Å²) < 4.78 is 32.5. The van der Waals surface area contributed by atoms with Gasteiger partial charge in [0.15, 0.2) is 0 Å². The Morgan fingerprint density at radius 2 is 1.91 bits per heavy atom. The summed E-state index contributed by atoms with van der Waals surface area (Å²) in [4.78, 5) is 11.9. The third-order valence-electron chi connectivity index (χ3n) is 3.80. The summed E-state index contributed by atoms with van der Waals surface area (Å²) in [6.45, 7) is 5.11. The molecule has 1 heterocycles. The third-order valence-corrected chi connectivity index (χ3v) is 5.69. The standard InChI is InChI=1S/C16H24N2O4S/c1-3-16(19)17-14-12-13(8-9-15(14)22-4-2)23(20,21)18-10-6-5-7-11-18/h8-9,12H,3-7,10-11H2,1-2H3,(H,17,19). The fourth-order valence-electron chi connectivity index (χ4n) is 2.54. The average molecular weight is 340 g/mol. The molecule has 0 atom stereocenters. The van der Waals surface area contributed by atoms with Crippen LogP contribution in [0.3, 0.4) is 0 Å². The SMILES string of the molecule is CCOc1ccc(S(=O)(=O)N2CCCCC2)cc1NC(=O)CC. The number of carbonyl (C=O) groups excluding carboxylic acids is 1. The van der Waals surface area contributed by atoms with Crippen molar-refractivity contribution in [1.29, 1.82) is 0 Å². The van der Waals surface area contributed by atoms with E-state index in [0.717, 1.165) is 19.3 Å². The number of benzene rings is 1. The molecule has 0 saturated carbocycles. The van der Waals surface area contributed by atoms with Crippen molar-refractivity contribution in [1.82, 2.24) is 4.31 Å². The van der Waals surface area contributed by atoms with E-state index in [9.17, 15) is 13.2 Å². The molecular formula is C16H24N2O4S. The lowest BCUT2D eigenvalue weighted by Gasteiger charge is -2.26. The summed E-state index contributed by atoms with van der Waals surface area (Å²) in [5.74, 6) is 0.297. The van der Waals surface area contributed by atoms with Crippen molar-refractivity contribution in [2.24, 2.45) is 0 Å². The van der Waals surface area contributed by atoms with Crippen LogP contribution in [-0.4, -0.2) is 38.3 Å². The van der Waals surface area contributed by atoms with Gasteiger partial charge in [-0.25, -0.2) is 8.42 Å². The van der Waals surface area contributed by atoms with Crippen LogP contribution in [0.2, 0.25) is 0 Å². The minimum atomic E-state index is -3.53. The first-order chi connectivity index (χ1) is 11.0. The predicted octanol–water partition coefficient (Wildman–Crippen LogP) is 2.61. The highest BCUT2D eigenvalue weighted by atomic mass is 32.2. The highest BCUT2D eigenvalue weighted by Gasteiger charge is 2.26. The molecule has 23 heavy (non-hydrogen) atoms. The second-order valence-corrected chi connectivity index (χ2v) is 7.40. The van der Waals surface area contributed by atoms with Gasteiger partial charge >= 0.3 is 0 Å². The van der Waals surface area contributed by atoms with Gasteiger partial charge in [0.2, 0.25) is 15.9 Å². The normalized spacial score (nSPS) is 16.1. The lowest BCUT2D eigenvalue weighted by molar-refractivity contribution is -0.115. The van der Waals surface area contributed by atoms with Crippen LogP contribution in [0.15, 0.2) is 23.1 Å². The van der Waals surface area contributed by atoms with E-state index in [0.29, 0.717) is 37.6 Å². The molecule has 0 unspecified atom stereocenters. The molecule has 0 radical (unpaired) electrons. The van der Waals surface area contributed by atoms with Crippen molar-refractivity contribution < 1.29 is 17.9 Å². The van der Waals surface area contributed by atoms with Crippen LogP contribution in [0.5, 0.6) is 5.75 Å². The Kier molecular flexibility index (Phi) is 6.01. The Labute approximate surface area is 137 Å². The fraction of sp³-hybridized carbons (Fsp3) is 0.562. The Morgan fingerprint density at radius 3 is 2.52 bits per heavy atom. The summed E-state index contributed by atoms with van der Waals surface area (Å²) in [7, 11) is -3.53. The molecule has 1 aromatic rings. The molecule has 1 saturated heterocycles. The van der Waals surface area contributed by atoms with E-state index in [4.69, 9.17) is 4.74 Å². The molecular weight excluding hydrogens is 316 g/mol. The first kappa shape index (κ1) is 17.7. The molecule has 7 heteroatoms. The molecule has 0 bridgehead atoms. The van der Waals surface area contributed by atoms with E-state index in [-0.39, 0.29) is 10.8 Å². The van der Waals surface area contributed by atoms with Gasteiger partial charge in [0.05, 0.1) is 17.2 Å². The number of nitrogens with one attached hydrogen (secondary N) is 1. The van der Waals surface area contributed by atoms with Gasteiger partial charge in [-0.15, -0.1) is 0 Å². The van der Waals surface area contributed by atoms with Gasteiger partial charge < -0.3 is 10.1 Å². The van der Waals surface area contributed by atoms with Crippen molar-refractivity contribution in [2.45, 2.75) is 44.4 Å². The van der Waals surface area contributed by atoms with Crippen LogP contribution < -0.4 is 10.1 Å². The fourth-order valence-corrected chi connectivity index (χ4v) is 4.09. The molecule has 1 aliphatic rings. The number of carbonyl (C=O) groups is 1. The minimum absolute atomic E-state index is 0.182. The van der Waals surface area contributed by atoms with Gasteiger partial charge in [0.25, 0.3) is 0 Å². The number of ether oxygens (including phenoxy) is 1. The second kappa shape index (κ2) is 7.79. The van der Waals surface area contributed by atoms with E-state index >= 15 is 0 Å². The molecule has 0 aliphatic carbocycles. The van der Waals surface area contributed by atoms with Crippen molar-refractivity contribution in [3.05, 3.63) is 18.2 Å². The Hall–Kier alpha value is -1.60. The molecule has 1 aliphatic heterocycles. The maximum atomic E-state index is 12.7. The van der Waals surface area contributed by atoms with Gasteiger partial charge in [-0.2, -0.15) is 4.31 Å². The van der Waals surface area contributed by atoms with Crippen molar-refractivity contribution in [3.63, 3.8) is 0 Å². The van der Waals surface area contributed by atoms with Crippen LogP contribution in [0.25, 0.3) is 0 Å². The van der Waals surface area contributed by atoms with E-state index in [1.54, 1.807) is 13.0 Å². The topological polar surface area (TPSA) is 75.7 Å². The number of hydrogen-bond acceptors (Lipinski definition) is 4. The molecule has 1 N–H and O–H groups in total. The van der Waals surface area contributed by atoms with Gasteiger partial charge in [-0.3, -0.25) is 4.79 Å². The number of hydrogen-bond donors (Lipinski definition) is 1. The molecule has 2 rings (SSSR count). The summed E-state index contributed by atoms with van der Waals surface area (Å²) >= 11 is 0. The van der Waals surface area contributed by atoms with Gasteiger partial charge in [-0.1, -0.05) is 13.3 Å². The molecule has 1 fully saturated rings.